The third kappa shape index (κ3) is 1.62. The summed E-state index contributed by atoms with van der Waals surface area (Å²) in [6.07, 6.45) is 0. The van der Waals surface area contributed by atoms with Gasteiger partial charge in [0.05, 0.1) is 0 Å². The summed E-state index contributed by atoms with van der Waals surface area (Å²) in [5.41, 5.74) is 1.19. The fourth-order valence-electron chi connectivity index (χ4n) is 1.85. The van der Waals surface area contributed by atoms with Crippen LogP contribution in [0.2, 0.25) is 5.02 Å². The van der Waals surface area contributed by atoms with Gasteiger partial charge in [-0.25, -0.2) is 0 Å². The number of fused-ring (bicyclic) bond motifs is 1. The lowest BCUT2D eigenvalue weighted by molar-refractivity contribution is 1.70. The minimum absolute atomic E-state index is 0.787. The lowest BCUT2D eigenvalue weighted by atomic mass is 10.1. The molecule has 0 fully saturated rings. The van der Waals surface area contributed by atoms with Crippen LogP contribution in [-0.2, 0) is 0 Å². The third-order valence-electron chi connectivity index (χ3n) is 2.60. The van der Waals surface area contributed by atoms with Crippen molar-refractivity contribution < 1.29 is 0 Å². The van der Waals surface area contributed by atoms with Gasteiger partial charge in [-0.2, -0.15) is 0 Å². The highest BCUT2D eigenvalue weighted by atomic mass is 35.5. The Labute approximate surface area is 103 Å². The number of thiophene rings is 1. The summed E-state index contributed by atoms with van der Waals surface area (Å²) in [6, 6.07) is 16.4. The SMILES string of the molecule is Clc1cccc(-c2scc3ccccc23)c1. The topological polar surface area (TPSA) is 0 Å². The first-order chi connectivity index (χ1) is 7.84. The summed E-state index contributed by atoms with van der Waals surface area (Å²) in [5.74, 6) is 0. The molecule has 0 aliphatic heterocycles. The second kappa shape index (κ2) is 3.93. The van der Waals surface area contributed by atoms with E-state index >= 15 is 0 Å². The molecule has 0 saturated carbocycles. The van der Waals surface area contributed by atoms with Crippen molar-refractivity contribution in [2.45, 2.75) is 0 Å². The lowest BCUT2D eigenvalue weighted by Crippen LogP contribution is -1.73. The second-order valence-electron chi connectivity index (χ2n) is 3.66. The molecule has 2 heteroatoms. The first-order valence-corrected chi connectivity index (χ1v) is 6.32. The largest absolute Gasteiger partial charge is 0.143 e. The van der Waals surface area contributed by atoms with Crippen LogP contribution in [0.4, 0.5) is 0 Å². The summed E-state index contributed by atoms with van der Waals surface area (Å²) in [5, 5.41) is 5.57. The Hall–Kier alpha value is -1.31. The minimum atomic E-state index is 0.787. The Balaban J connectivity index is 2.26. The fourth-order valence-corrected chi connectivity index (χ4v) is 3.06. The Kier molecular flexibility index (Phi) is 2.43. The molecule has 0 aliphatic rings. The standard InChI is InChI=1S/C14H9ClS/c15-12-6-3-5-10(8-12)14-13-7-2-1-4-11(13)9-16-14/h1-9H. The molecule has 0 radical (unpaired) electrons. The van der Waals surface area contributed by atoms with Gasteiger partial charge in [-0.1, -0.05) is 48.0 Å². The molecule has 0 nitrogen and oxygen atoms in total. The van der Waals surface area contributed by atoms with Crippen molar-refractivity contribution in [3.05, 3.63) is 58.9 Å². The van der Waals surface area contributed by atoms with Crippen LogP contribution in [0.1, 0.15) is 0 Å². The summed E-state index contributed by atoms with van der Waals surface area (Å²) in [7, 11) is 0. The van der Waals surface area contributed by atoms with E-state index in [1.54, 1.807) is 11.3 Å². The van der Waals surface area contributed by atoms with Crippen LogP contribution in [-0.4, -0.2) is 0 Å². The molecule has 78 valence electrons. The zero-order valence-corrected chi connectivity index (χ0v) is 10.1. The van der Waals surface area contributed by atoms with Crippen molar-refractivity contribution in [1.29, 1.82) is 0 Å². The van der Waals surface area contributed by atoms with Crippen LogP contribution in [0, 0.1) is 0 Å². The van der Waals surface area contributed by atoms with E-state index in [0.29, 0.717) is 0 Å². The zero-order chi connectivity index (χ0) is 11.0. The van der Waals surface area contributed by atoms with Crippen LogP contribution >= 0.6 is 22.9 Å². The van der Waals surface area contributed by atoms with Gasteiger partial charge in [-0.05, 0) is 28.5 Å². The molecule has 0 N–H and O–H groups in total. The van der Waals surface area contributed by atoms with E-state index in [1.807, 2.05) is 18.2 Å². The first-order valence-electron chi connectivity index (χ1n) is 5.07. The molecule has 0 amide bonds. The molecule has 0 saturated heterocycles. The molecular weight excluding hydrogens is 236 g/mol. The van der Waals surface area contributed by atoms with Gasteiger partial charge in [-0.3, -0.25) is 0 Å². The molecular formula is C14H9ClS. The molecule has 0 atom stereocenters. The van der Waals surface area contributed by atoms with E-state index in [1.165, 1.54) is 21.2 Å². The van der Waals surface area contributed by atoms with Gasteiger partial charge >= 0.3 is 0 Å². The fraction of sp³-hybridized carbons (Fsp3) is 0. The summed E-state index contributed by atoms with van der Waals surface area (Å²) in [6.45, 7) is 0. The van der Waals surface area contributed by atoms with Crippen molar-refractivity contribution >= 4 is 33.7 Å². The summed E-state index contributed by atoms with van der Waals surface area (Å²) >= 11 is 7.78. The van der Waals surface area contributed by atoms with Gasteiger partial charge in [0.2, 0.25) is 0 Å². The molecule has 16 heavy (non-hydrogen) atoms. The van der Waals surface area contributed by atoms with Crippen molar-refractivity contribution in [2.75, 3.05) is 0 Å². The average molecular weight is 245 g/mol. The van der Waals surface area contributed by atoms with Gasteiger partial charge in [0.1, 0.15) is 0 Å². The van der Waals surface area contributed by atoms with Gasteiger partial charge < -0.3 is 0 Å². The van der Waals surface area contributed by atoms with Gasteiger partial charge in [-0.15, -0.1) is 11.3 Å². The van der Waals surface area contributed by atoms with Crippen molar-refractivity contribution in [1.82, 2.24) is 0 Å². The smallest absolute Gasteiger partial charge is 0.0421 e. The number of hydrogen-bond donors (Lipinski definition) is 0. The lowest BCUT2D eigenvalue weighted by Gasteiger charge is -1.99. The van der Waals surface area contributed by atoms with Crippen LogP contribution in [0.25, 0.3) is 21.2 Å². The normalized spacial score (nSPS) is 10.8. The zero-order valence-electron chi connectivity index (χ0n) is 8.48. The molecule has 1 heterocycles. The molecule has 0 bridgehead atoms. The van der Waals surface area contributed by atoms with E-state index in [2.05, 4.69) is 35.7 Å². The molecule has 3 aromatic rings. The number of halogens is 1. The van der Waals surface area contributed by atoms with Crippen molar-refractivity contribution in [2.24, 2.45) is 0 Å². The monoisotopic (exact) mass is 244 g/mol. The number of hydrogen-bond acceptors (Lipinski definition) is 1. The van der Waals surface area contributed by atoms with Crippen LogP contribution < -0.4 is 0 Å². The molecule has 0 aliphatic carbocycles. The average Bonchev–Trinajstić information content (AvgIpc) is 2.72. The highest BCUT2D eigenvalue weighted by Crippen LogP contribution is 2.35. The second-order valence-corrected chi connectivity index (χ2v) is 4.98. The molecule has 1 aromatic heterocycles. The maximum absolute atomic E-state index is 6.02. The molecule has 0 spiro atoms. The maximum atomic E-state index is 6.02. The Morgan fingerprint density at radius 1 is 0.938 bits per heavy atom. The predicted molar refractivity (Wildman–Crippen MR) is 72.3 cm³/mol. The summed E-state index contributed by atoms with van der Waals surface area (Å²) in [4.78, 5) is 1.29. The van der Waals surface area contributed by atoms with E-state index in [4.69, 9.17) is 11.6 Å². The van der Waals surface area contributed by atoms with E-state index in [0.717, 1.165) is 5.02 Å². The van der Waals surface area contributed by atoms with Crippen LogP contribution in [0.3, 0.4) is 0 Å². The molecule has 2 aromatic carbocycles. The van der Waals surface area contributed by atoms with Crippen molar-refractivity contribution in [3.8, 4) is 10.4 Å². The maximum Gasteiger partial charge on any atom is 0.0421 e. The minimum Gasteiger partial charge on any atom is -0.143 e. The third-order valence-corrected chi connectivity index (χ3v) is 3.89. The predicted octanol–water partition coefficient (Wildman–Crippen LogP) is 5.22. The number of rotatable bonds is 1. The van der Waals surface area contributed by atoms with Gasteiger partial charge in [0.15, 0.2) is 0 Å². The molecule has 0 unspecified atom stereocenters. The Bertz CT molecular complexity index is 640. The van der Waals surface area contributed by atoms with Gasteiger partial charge in [0, 0.05) is 15.3 Å². The van der Waals surface area contributed by atoms with E-state index < -0.39 is 0 Å². The quantitative estimate of drug-likeness (QED) is 0.550. The Morgan fingerprint density at radius 2 is 1.81 bits per heavy atom. The first kappa shape index (κ1) is 9.88. The Morgan fingerprint density at radius 3 is 2.69 bits per heavy atom. The van der Waals surface area contributed by atoms with Crippen LogP contribution in [0.15, 0.2) is 53.9 Å². The van der Waals surface area contributed by atoms with Gasteiger partial charge in [0.25, 0.3) is 0 Å². The van der Waals surface area contributed by atoms with Crippen LogP contribution in [0.5, 0.6) is 0 Å². The van der Waals surface area contributed by atoms with Crippen molar-refractivity contribution in [3.63, 3.8) is 0 Å². The highest BCUT2D eigenvalue weighted by Gasteiger charge is 2.05. The molecule has 3 rings (SSSR count). The number of benzene rings is 2. The van der Waals surface area contributed by atoms with E-state index in [-0.39, 0.29) is 0 Å². The summed E-state index contributed by atoms with van der Waals surface area (Å²) < 4.78 is 0. The highest BCUT2D eigenvalue weighted by molar-refractivity contribution is 7.15. The van der Waals surface area contributed by atoms with E-state index in [9.17, 15) is 0 Å².